The number of amidine groups is 1. The lowest BCUT2D eigenvalue weighted by atomic mass is 10.0. The summed E-state index contributed by atoms with van der Waals surface area (Å²) < 4.78 is 71.3. The number of hydrogen-bond donors (Lipinski definition) is 1. The highest BCUT2D eigenvalue weighted by Crippen LogP contribution is 2.38. The molecule has 0 bridgehead atoms. The molecule has 0 saturated carbocycles. The number of thioether (sulfide) groups is 1. The standard InChI is InChI=1S/C16H18F3N3S.C2HF3O2/c1-10(2)6-12-9-23-15(22(12)3)21-14-5-4-11(8-20)7-13(14)16(17,18)19;3-2(4,5)1(6)7/h4-5,7,10,12H,6,9H2,1-3H3;(H,6,7)/t12-;/m0./s1. The molecule has 0 amide bonds. The minimum Gasteiger partial charge on any atom is -0.475 e. The summed E-state index contributed by atoms with van der Waals surface area (Å²) in [6.45, 7) is 4.24. The molecule has 1 aromatic carbocycles. The van der Waals surface area contributed by atoms with Crippen LogP contribution in [-0.4, -0.2) is 46.2 Å². The lowest BCUT2D eigenvalue weighted by Crippen LogP contribution is -2.31. The van der Waals surface area contributed by atoms with E-state index in [-0.39, 0.29) is 17.3 Å². The molecule has 1 heterocycles. The van der Waals surface area contributed by atoms with E-state index >= 15 is 0 Å². The Balaban J connectivity index is 0.000000553. The van der Waals surface area contributed by atoms with Crippen molar-refractivity contribution in [1.82, 2.24) is 4.90 Å². The van der Waals surface area contributed by atoms with Crippen molar-refractivity contribution < 1.29 is 36.2 Å². The molecule has 1 saturated heterocycles. The van der Waals surface area contributed by atoms with Crippen molar-refractivity contribution in [2.45, 2.75) is 38.7 Å². The fraction of sp³-hybridized carbons (Fsp3) is 0.500. The van der Waals surface area contributed by atoms with Crippen LogP contribution in [-0.2, 0) is 11.0 Å². The van der Waals surface area contributed by atoms with Crippen molar-refractivity contribution in [2.24, 2.45) is 10.9 Å². The lowest BCUT2D eigenvalue weighted by Gasteiger charge is -2.22. The van der Waals surface area contributed by atoms with E-state index in [9.17, 15) is 26.3 Å². The number of nitrogens with zero attached hydrogens (tertiary/aromatic N) is 3. The molecule has 1 fully saturated rings. The Labute approximate surface area is 173 Å². The Morgan fingerprint density at radius 1 is 1.33 bits per heavy atom. The van der Waals surface area contributed by atoms with Crippen molar-refractivity contribution >= 4 is 28.6 Å². The Hall–Kier alpha value is -2.42. The van der Waals surface area contributed by atoms with Gasteiger partial charge in [0.25, 0.3) is 0 Å². The largest absolute Gasteiger partial charge is 0.490 e. The van der Waals surface area contributed by atoms with Gasteiger partial charge < -0.3 is 10.0 Å². The highest BCUT2D eigenvalue weighted by molar-refractivity contribution is 8.14. The zero-order valence-corrected chi connectivity index (χ0v) is 17.0. The van der Waals surface area contributed by atoms with Crippen LogP contribution in [0.5, 0.6) is 0 Å². The second-order valence-corrected chi connectivity index (χ2v) is 7.73. The third kappa shape index (κ3) is 7.44. The van der Waals surface area contributed by atoms with Gasteiger partial charge in [0, 0.05) is 18.8 Å². The van der Waals surface area contributed by atoms with Crippen LogP contribution in [0.4, 0.5) is 32.0 Å². The Kier molecular flexibility index (Phi) is 8.59. The average molecular weight is 455 g/mol. The summed E-state index contributed by atoms with van der Waals surface area (Å²) in [6, 6.07) is 5.49. The van der Waals surface area contributed by atoms with Crippen molar-refractivity contribution in [3.05, 3.63) is 29.3 Å². The van der Waals surface area contributed by atoms with Crippen LogP contribution in [0, 0.1) is 17.2 Å². The van der Waals surface area contributed by atoms with Gasteiger partial charge in [-0.1, -0.05) is 25.6 Å². The van der Waals surface area contributed by atoms with E-state index in [0.717, 1.165) is 18.2 Å². The van der Waals surface area contributed by atoms with E-state index in [1.165, 1.54) is 23.9 Å². The summed E-state index contributed by atoms with van der Waals surface area (Å²) in [6.07, 6.45) is -8.65. The number of carboxylic acids is 1. The summed E-state index contributed by atoms with van der Waals surface area (Å²) in [5, 5.41) is 16.5. The average Bonchev–Trinajstić information content (AvgIpc) is 2.93. The second kappa shape index (κ2) is 10.1. The van der Waals surface area contributed by atoms with Gasteiger partial charge in [0.15, 0.2) is 5.17 Å². The SMILES string of the molecule is CC(C)C[C@H]1CSC(=Nc2ccc(C#N)cc2C(F)(F)F)N1C.O=C(O)C(F)(F)F. The van der Waals surface area contributed by atoms with Gasteiger partial charge in [-0.15, -0.1) is 0 Å². The number of carboxylic acid groups (broad SMARTS) is 1. The molecule has 1 aliphatic heterocycles. The maximum absolute atomic E-state index is 13.2. The van der Waals surface area contributed by atoms with Crippen molar-refractivity contribution in [3.8, 4) is 6.07 Å². The van der Waals surface area contributed by atoms with E-state index in [1.807, 2.05) is 11.9 Å². The van der Waals surface area contributed by atoms with Crippen LogP contribution in [0.25, 0.3) is 0 Å². The predicted octanol–water partition coefficient (Wildman–Crippen LogP) is 5.29. The number of carbonyl (C=O) groups is 1. The highest BCUT2D eigenvalue weighted by Gasteiger charge is 2.38. The molecule has 1 N–H and O–H groups in total. The molecule has 1 aromatic rings. The molecule has 0 aliphatic carbocycles. The minimum atomic E-state index is -5.08. The highest BCUT2D eigenvalue weighted by atomic mass is 32.2. The van der Waals surface area contributed by atoms with Gasteiger partial charge in [-0.2, -0.15) is 31.6 Å². The molecule has 1 aliphatic rings. The monoisotopic (exact) mass is 455 g/mol. The third-order valence-corrected chi connectivity index (χ3v) is 5.08. The maximum Gasteiger partial charge on any atom is 0.490 e. The van der Waals surface area contributed by atoms with E-state index in [2.05, 4.69) is 18.8 Å². The van der Waals surface area contributed by atoms with E-state index < -0.39 is 23.9 Å². The van der Waals surface area contributed by atoms with Gasteiger partial charge in [0.05, 0.1) is 22.9 Å². The van der Waals surface area contributed by atoms with Crippen LogP contribution < -0.4 is 0 Å². The number of alkyl halides is 6. The molecule has 5 nitrogen and oxygen atoms in total. The number of hydrogen-bond acceptors (Lipinski definition) is 4. The smallest absolute Gasteiger partial charge is 0.475 e. The molecular weight excluding hydrogens is 436 g/mol. The van der Waals surface area contributed by atoms with Gasteiger partial charge in [-0.25, -0.2) is 9.79 Å². The molecule has 30 heavy (non-hydrogen) atoms. The Bertz CT molecular complexity index is 831. The number of halogens is 6. The maximum atomic E-state index is 13.2. The first-order chi connectivity index (χ1) is 13.7. The first-order valence-corrected chi connectivity index (χ1v) is 9.51. The summed E-state index contributed by atoms with van der Waals surface area (Å²) in [5.74, 6) is -1.42. The number of aliphatic imine (C=N–C) groups is 1. The molecule has 0 unspecified atom stereocenters. The molecule has 1 atom stereocenters. The number of aliphatic carboxylic acids is 1. The summed E-state index contributed by atoms with van der Waals surface area (Å²) in [4.78, 5) is 15.1. The zero-order valence-electron chi connectivity index (χ0n) is 16.2. The summed E-state index contributed by atoms with van der Waals surface area (Å²) >= 11 is 1.47. The molecule has 0 spiro atoms. The normalized spacial score (nSPS) is 18.2. The fourth-order valence-corrected chi connectivity index (χ4v) is 3.67. The minimum absolute atomic E-state index is 0.0219. The van der Waals surface area contributed by atoms with E-state index in [4.69, 9.17) is 15.2 Å². The topological polar surface area (TPSA) is 76.7 Å². The van der Waals surface area contributed by atoms with Gasteiger partial charge in [0.2, 0.25) is 0 Å². The first-order valence-electron chi connectivity index (χ1n) is 8.52. The lowest BCUT2D eigenvalue weighted by molar-refractivity contribution is -0.192. The van der Waals surface area contributed by atoms with Crippen molar-refractivity contribution in [1.29, 1.82) is 5.26 Å². The zero-order chi connectivity index (χ0) is 23.3. The van der Waals surface area contributed by atoms with Gasteiger partial charge in [-0.3, -0.25) is 0 Å². The van der Waals surface area contributed by atoms with Crippen LogP contribution in [0.2, 0.25) is 0 Å². The van der Waals surface area contributed by atoms with Crippen molar-refractivity contribution in [2.75, 3.05) is 12.8 Å². The molecular formula is C18H19F6N3O2S. The quantitative estimate of drug-likeness (QED) is 0.627. The van der Waals surface area contributed by atoms with Crippen LogP contribution in [0.3, 0.4) is 0 Å². The Morgan fingerprint density at radius 2 is 1.90 bits per heavy atom. The van der Waals surface area contributed by atoms with Gasteiger partial charge in [-0.05, 0) is 30.5 Å². The van der Waals surface area contributed by atoms with Gasteiger partial charge >= 0.3 is 18.3 Å². The van der Waals surface area contributed by atoms with Crippen molar-refractivity contribution in [3.63, 3.8) is 0 Å². The third-order valence-electron chi connectivity index (χ3n) is 3.89. The molecule has 0 aromatic heterocycles. The predicted molar refractivity (Wildman–Crippen MR) is 100 cm³/mol. The number of rotatable bonds is 3. The fourth-order valence-electron chi connectivity index (χ4n) is 2.46. The van der Waals surface area contributed by atoms with Crippen LogP contribution in [0.15, 0.2) is 23.2 Å². The molecule has 0 radical (unpaired) electrons. The summed E-state index contributed by atoms with van der Waals surface area (Å²) in [7, 11) is 1.86. The Morgan fingerprint density at radius 3 is 2.33 bits per heavy atom. The van der Waals surface area contributed by atoms with Crippen LogP contribution in [0.1, 0.15) is 31.4 Å². The number of nitriles is 1. The first kappa shape index (κ1) is 25.6. The molecule has 12 heteroatoms. The summed E-state index contributed by atoms with van der Waals surface area (Å²) in [5.41, 5.74) is -1.03. The molecule has 2 rings (SSSR count). The van der Waals surface area contributed by atoms with E-state index in [1.54, 1.807) is 6.07 Å². The van der Waals surface area contributed by atoms with E-state index in [0.29, 0.717) is 11.1 Å². The van der Waals surface area contributed by atoms with Crippen LogP contribution >= 0.6 is 11.8 Å². The van der Waals surface area contributed by atoms with Gasteiger partial charge in [0.1, 0.15) is 0 Å². The number of benzene rings is 1. The second-order valence-electron chi connectivity index (χ2n) is 6.74. The molecule has 166 valence electrons.